The predicted octanol–water partition coefficient (Wildman–Crippen LogP) is 1.78. The number of nitrogens with one attached hydrogen (secondary N) is 1. The van der Waals surface area contributed by atoms with Crippen LogP contribution in [0, 0.1) is 0 Å². The summed E-state index contributed by atoms with van der Waals surface area (Å²) in [5.74, 6) is 1.19. The number of hydrogen-bond acceptors (Lipinski definition) is 7. The van der Waals surface area contributed by atoms with Gasteiger partial charge in [0, 0.05) is 37.3 Å². The standard InChI is InChI=1S/C17H17N5O3/c1-24-17-12(5-4-10-19-17)11-20-14(23)7-8-15-21-16(22-25-15)13-6-2-3-9-18-13/h2-6,9-10H,7-8,11H2,1H3,(H,20,23). The van der Waals surface area contributed by atoms with Gasteiger partial charge < -0.3 is 14.6 Å². The Balaban J connectivity index is 1.50. The van der Waals surface area contributed by atoms with E-state index < -0.39 is 0 Å². The van der Waals surface area contributed by atoms with Crippen molar-refractivity contribution in [2.24, 2.45) is 0 Å². The minimum Gasteiger partial charge on any atom is -0.481 e. The molecule has 0 bridgehead atoms. The molecule has 0 aromatic carbocycles. The van der Waals surface area contributed by atoms with Gasteiger partial charge in [-0.15, -0.1) is 0 Å². The monoisotopic (exact) mass is 339 g/mol. The van der Waals surface area contributed by atoms with Gasteiger partial charge in [-0.3, -0.25) is 9.78 Å². The third-order valence-corrected chi connectivity index (χ3v) is 3.45. The van der Waals surface area contributed by atoms with Crippen LogP contribution in [0.1, 0.15) is 17.9 Å². The van der Waals surface area contributed by atoms with Gasteiger partial charge in [-0.1, -0.05) is 17.3 Å². The van der Waals surface area contributed by atoms with E-state index in [2.05, 4.69) is 25.4 Å². The van der Waals surface area contributed by atoms with E-state index in [4.69, 9.17) is 9.26 Å². The Bertz CT molecular complexity index is 835. The molecule has 1 N–H and O–H groups in total. The molecule has 0 saturated carbocycles. The summed E-state index contributed by atoms with van der Waals surface area (Å²) < 4.78 is 10.3. The summed E-state index contributed by atoms with van der Waals surface area (Å²) in [7, 11) is 1.54. The third kappa shape index (κ3) is 4.37. The topological polar surface area (TPSA) is 103 Å². The number of aromatic nitrogens is 4. The number of aryl methyl sites for hydroxylation is 1. The fraction of sp³-hybridized carbons (Fsp3) is 0.235. The van der Waals surface area contributed by atoms with Crippen molar-refractivity contribution in [2.45, 2.75) is 19.4 Å². The van der Waals surface area contributed by atoms with Crippen LogP contribution < -0.4 is 10.1 Å². The Kier molecular flexibility index (Phi) is 5.30. The number of carbonyl (C=O) groups excluding carboxylic acids is 1. The number of pyridine rings is 2. The van der Waals surface area contributed by atoms with Crippen LogP contribution in [0.3, 0.4) is 0 Å². The molecular weight excluding hydrogens is 322 g/mol. The molecule has 0 atom stereocenters. The Morgan fingerprint density at radius 2 is 2.08 bits per heavy atom. The second-order valence-electron chi connectivity index (χ2n) is 5.18. The number of ether oxygens (including phenoxy) is 1. The number of amides is 1. The first-order valence-corrected chi connectivity index (χ1v) is 7.75. The van der Waals surface area contributed by atoms with Gasteiger partial charge in [0.15, 0.2) is 0 Å². The zero-order valence-electron chi connectivity index (χ0n) is 13.7. The van der Waals surface area contributed by atoms with Crippen molar-refractivity contribution in [1.82, 2.24) is 25.4 Å². The lowest BCUT2D eigenvalue weighted by atomic mass is 10.2. The lowest BCUT2D eigenvalue weighted by Crippen LogP contribution is -2.23. The average molecular weight is 339 g/mol. The molecule has 0 aliphatic carbocycles. The quantitative estimate of drug-likeness (QED) is 0.700. The smallest absolute Gasteiger partial charge is 0.227 e. The van der Waals surface area contributed by atoms with E-state index in [0.29, 0.717) is 36.3 Å². The number of rotatable bonds is 7. The Morgan fingerprint density at radius 3 is 2.88 bits per heavy atom. The lowest BCUT2D eigenvalue weighted by molar-refractivity contribution is -0.121. The van der Waals surface area contributed by atoms with Crippen LogP contribution in [-0.4, -0.2) is 33.1 Å². The van der Waals surface area contributed by atoms with E-state index in [1.54, 1.807) is 31.6 Å². The molecule has 0 aliphatic rings. The second-order valence-corrected chi connectivity index (χ2v) is 5.18. The van der Waals surface area contributed by atoms with Crippen LogP contribution >= 0.6 is 0 Å². The number of hydrogen-bond donors (Lipinski definition) is 1. The van der Waals surface area contributed by atoms with Crippen LogP contribution in [0.4, 0.5) is 0 Å². The van der Waals surface area contributed by atoms with Crippen LogP contribution in [0.25, 0.3) is 11.5 Å². The minimum absolute atomic E-state index is 0.122. The Hall–Kier alpha value is -3.29. The largest absolute Gasteiger partial charge is 0.481 e. The fourth-order valence-corrected chi connectivity index (χ4v) is 2.20. The lowest BCUT2D eigenvalue weighted by Gasteiger charge is -2.07. The van der Waals surface area contributed by atoms with Crippen molar-refractivity contribution in [2.75, 3.05) is 7.11 Å². The molecule has 0 saturated heterocycles. The van der Waals surface area contributed by atoms with Crippen molar-refractivity contribution in [3.63, 3.8) is 0 Å². The average Bonchev–Trinajstić information content (AvgIpc) is 3.14. The SMILES string of the molecule is COc1ncccc1CNC(=O)CCc1nc(-c2ccccn2)no1. The molecule has 0 radical (unpaired) electrons. The summed E-state index contributed by atoms with van der Waals surface area (Å²) in [4.78, 5) is 24.5. The van der Waals surface area contributed by atoms with Crippen molar-refractivity contribution in [1.29, 1.82) is 0 Å². The highest BCUT2D eigenvalue weighted by Crippen LogP contribution is 2.14. The third-order valence-electron chi connectivity index (χ3n) is 3.45. The molecule has 3 rings (SSSR count). The van der Waals surface area contributed by atoms with Gasteiger partial charge in [-0.25, -0.2) is 4.98 Å². The number of methoxy groups -OCH3 is 1. The first kappa shape index (κ1) is 16.6. The van der Waals surface area contributed by atoms with Crippen LogP contribution in [0.5, 0.6) is 5.88 Å². The normalized spacial score (nSPS) is 10.4. The van der Waals surface area contributed by atoms with Crippen LogP contribution in [0.2, 0.25) is 0 Å². The van der Waals surface area contributed by atoms with Gasteiger partial charge in [0.2, 0.25) is 23.5 Å². The molecule has 3 aromatic rings. The first-order valence-electron chi connectivity index (χ1n) is 7.75. The van der Waals surface area contributed by atoms with E-state index in [0.717, 1.165) is 5.56 Å². The molecule has 0 fully saturated rings. The van der Waals surface area contributed by atoms with Gasteiger partial charge in [-0.05, 0) is 18.2 Å². The highest BCUT2D eigenvalue weighted by molar-refractivity contribution is 5.76. The molecule has 1 amide bonds. The minimum atomic E-state index is -0.122. The highest BCUT2D eigenvalue weighted by atomic mass is 16.5. The van der Waals surface area contributed by atoms with Gasteiger partial charge in [-0.2, -0.15) is 4.98 Å². The molecular formula is C17H17N5O3. The van der Waals surface area contributed by atoms with Crippen molar-refractivity contribution < 1.29 is 14.1 Å². The highest BCUT2D eigenvalue weighted by Gasteiger charge is 2.12. The fourth-order valence-electron chi connectivity index (χ4n) is 2.20. The Morgan fingerprint density at radius 1 is 1.20 bits per heavy atom. The second kappa shape index (κ2) is 8.00. The van der Waals surface area contributed by atoms with Gasteiger partial charge in [0.05, 0.1) is 7.11 Å². The van der Waals surface area contributed by atoms with Gasteiger partial charge in [0.1, 0.15) is 5.69 Å². The molecule has 3 heterocycles. The summed E-state index contributed by atoms with van der Waals surface area (Å²) in [5, 5.41) is 6.70. The summed E-state index contributed by atoms with van der Waals surface area (Å²) in [6.07, 6.45) is 3.90. The summed E-state index contributed by atoms with van der Waals surface area (Å²) >= 11 is 0. The number of carbonyl (C=O) groups is 1. The Labute approximate surface area is 144 Å². The zero-order valence-corrected chi connectivity index (χ0v) is 13.7. The summed E-state index contributed by atoms with van der Waals surface area (Å²) in [5.41, 5.74) is 1.44. The maximum atomic E-state index is 12.0. The maximum absolute atomic E-state index is 12.0. The van der Waals surface area contributed by atoms with Gasteiger partial charge >= 0.3 is 0 Å². The molecule has 0 unspecified atom stereocenters. The van der Waals surface area contributed by atoms with E-state index in [9.17, 15) is 4.79 Å². The van der Waals surface area contributed by atoms with E-state index in [1.807, 2.05) is 18.2 Å². The molecule has 3 aromatic heterocycles. The molecule has 0 spiro atoms. The maximum Gasteiger partial charge on any atom is 0.227 e. The molecule has 25 heavy (non-hydrogen) atoms. The first-order chi connectivity index (χ1) is 12.3. The van der Waals surface area contributed by atoms with Crippen molar-refractivity contribution in [3.05, 3.63) is 54.2 Å². The van der Waals surface area contributed by atoms with Gasteiger partial charge in [0.25, 0.3) is 0 Å². The van der Waals surface area contributed by atoms with Crippen LogP contribution in [-0.2, 0) is 17.8 Å². The zero-order chi connectivity index (χ0) is 17.5. The summed E-state index contributed by atoms with van der Waals surface area (Å²) in [6, 6.07) is 9.10. The predicted molar refractivity (Wildman–Crippen MR) is 88.5 cm³/mol. The van der Waals surface area contributed by atoms with E-state index in [1.165, 1.54) is 0 Å². The van der Waals surface area contributed by atoms with E-state index in [-0.39, 0.29) is 12.3 Å². The molecule has 8 nitrogen and oxygen atoms in total. The van der Waals surface area contributed by atoms with Crippen molar-refractivity contribution >= 4 is 5.91 Å². The molecule has 8 heteroatoms. The summed E-state index contributed by atoms with van der Waals surface area (Å²) in [6.45, 7) is 0.346. The van der Waals surface area contributed by atoms with Crippen molar-refractivity contribution in [3.8, 4) is 17.4 Å². The number of nitrogens with zero attached hydrogens (tertiary/aromatic N) is 4. The molecule has 128 valence electrons. The van der Waals surface area contributed by atoms with E-state index >= 15 is 0 Å². The van der Waals surface area contributed by atoms with Crippen LogP contribution in [0.15, 0.2) is 47.2 Å². The molecule has 0 aliphatic heterocycles.